The van der Waals surface area contributed by atoms with Gasteiger partial charge in [-0.1, -0.05) is 12.0 Å². The maximum absolute atomic E-state index is 6.18. The zero-order chi connectivity index (χ0) is 10.4. The molecule has 4 atom stereocenters. The number of hydrogen-bond acceptors (Lipinski definition) is 5. The SMILES string of the molecule is CC1CC(N)C2CCC1N2c1nnn[nH]1.Cl. The number of halogens is 1. The average Bonchev–Trinajstić information content (AvgIpc) is 2.83. The number of hydrogen-bond donors (Lipinski definition) is 2. The fourth-order valence-corrected chi connectivity index (χ4v) is 3.17. The van der Waals surface area contributed by atoms with Crippen molar-refractivity contribution in [2.24, 2.45) is 11.7 Å². The maximum atomic E-state index is 6.18. The molecule has 3 N–H and O–H groups in total. The molecule has 0 spiro atoms. The molecule has 0 amide bonds. The summed E-state index contributed by atoms with van der Waals surface area (Å²) in [6.45, 7) is 2.27. The zero-order valence-electron chi connectivity index (χ0n) is 9.21. The Morgan fingerprint density at radius 2 is 2.12 bits per heavy atom. The number of aromatic nitrogens is 4. The standard InChI is InChI=1S/C9H16N6.ClH/c1-5-4-6(10)8-3-2-7(5)15(8)9-11-13-14-12-9;/h5-8H,2-4,10H2,1H3,(H,11,12,13,14);1H. The van der Waals surface area contributed by atoms with E-state index in [4.69, 9.17) is 5.73 Å². The Morgan fingerprint density at radius 1 is 1.38 bits per heavy atom. The summed E-state index contributed by atoms with van der Waals surface area (Å²) >= 11 is 0. The topological polar surface area (TPSA) is 83.7 Å². The van der Waals surface area contributed by atoms with Crippen molar-refractivity contribution < 1.29 is 0 Å². The molecule has 2 saturated heterocycles. The van der Waals surface area contributed by atoms with Crippen molar-refractivity contribution in [1.82, 2.24) is 20.6 Å². The van der Waals surface area contributed by atoms with E-state index in [1.54, 1.807) is 0 Å². The monoisotopic (exact) mass is 244 g/mol. The predicted octanol–water partition coefficient (Wildman–Crippen LogP) is 0.326. The molecule has 2 aliphatic rings. The van der Waals surface area contributed by atoms with E-state index in [0.717, 1.165) is 18.8 Å². The van der Waals surface area contributed by atoms with E-state index < -0.39 is 0 Å². The number of nitrogens with two attached hydrogens (primary N) is 1. The molecule has 0 aromatic carbocycles. The molecule has 6 nitrogen and oxygen atoms in total. The minimum Gasteiger partial charge on any atom is -0.332 e. The van der Waals surface area contributed by atoms with E-state index in [9.17, 15) is 0 Å². The molecule has 0 radical (unpaired) electrons. The van der Waals surface area contributed by atoms with E-state index in [0.29, 0.717) is 18.0 Å². The molecular weight excluding hydrogens is 228 g/mol. The van der Waals surface area contributed by atoms with Crippen molar-refractivity contribution in [3.8, 4) is 0 Å². The van der Waals surface area contributed by atoms with Crippen LogP contribution in [0.25, 0.3) is 0 Å². The van der Waals surface area contributed by atoms with Crippen LogP contribution in [0.15, 0.2) is 0 Å². The second kappa shape index (κ2) is 4.18. The van der Waals surface area contributed by atoms with E-state index in [1.807, 2.05) is 0 Å². The van der Waals surface area contributed by atoms with Gasteiger partial charge < -0.3 is 10.6 Å². The van der Waals surface area contributed by atoms with E-state index in [2.05, 4.69) is 32.4 Å². The molecule has 2 aliphatic heterocycles. The number of fused-ring (bicyclic) bond motifs is 2. The lowest BCUT2D eigenvalue weighted by molar-refractivity contribution is 0.318. The highest BCUT2D eigenvalue weighted by Crippen LogP contribution is 2.39. The van der Waals surface area contributed by atoms with Gasteiger partial charge >= 0.3 is 0 Å². The number of anilines is 1. The number of rotatable bonds is 1. The van der Waals surface area contributed by atoms with Crippen LogP contribution in [0.1, 0.15) is 26.2 Å². The van der Waals surface area contributed by atoms with Crippen LogP contribution in [-0.2, 0) is 0 Å². The smallest absolute Gasteiger partial charge is 0.243 e. The molecule has 0 aliphatic carbocycles. The molecule has 1 aromatic rings. The summed E-state index contributed by atoms with van der Waals surface area (Å²) in [6, 6.07) is 1.23. The Hall–Kier alpha value is -0.880. The first-order chi connectivity index (χ1) is 7.27. The maximum Gasteiger partial charge on any atom is 0.243 e. The molecule has 90 valence electrons. The van der Waals surface area contributed by atoms with Gasteiger partial charge in [0.15, 0.2) is 0 Å². The summed E-state index contributed by atoms with van der Waals surface area (Å²) in [7, 11) is 0. The third-order valence-corrected chi connectivity index (χ3v) is 3.85. The van der Waals surface area contributed by atoms with Crippen LogP contribution >= 0.6 is 12.4 Å². The predicted molar refractivity (Wildman–Crippen MR) is 62.5 cm³/mol. The molecule has 7 heteroatoms. The van der Waals surface area contributed by atoms with Crippen LogP contribution in [-0.4, -0.2) is 38.7 Å². The van der Waals surface area contributed by atoms with Crippen molar-refractivity contribution in [2.75, 3.05) is 4.90 Å². The van der Waals surface area contributed by atoms with Crippen molar-refractivity contribution in [1.29, 1.82) is 0 Å². The lowest BCUT2D eigenvalue weighted by Crippen LogP contribution is -2.54. The number of H-pyrrole nitrogens is 1. The third kappa shape index (κ3) is 1.56. The van der Waals surface area contributed by atoms with Gasteiger partial charge in [-0.15, -0.1) is 12.4 Å². The summed E-state index contributed by atoms with van der Waals surface area (Å²) < 4.78 is 0. The van der Waals surface area contributed by atoms with E-state index >= 15 is 0 Å². The molecule has 4 unspecified atom stereocenters. The highest BCUT2D eigenvalue weighted by atomic mass is 35.5. The molecule has 3 heterocycles. The molecule has 2 fully saturated rings. The van der Waals surface area contributed by atoms with Gasteiger partial charge in [-0.05, 0) is 35.6 Å². The highest BCUT2D eigenvalue weighted by Gasteiger charge is 2.45. The Balaban J connectivity index is 0.000000963. The molecule has 16 heavy (non-hydrogen) atoms. The Bertz CT molecular complexity index is 326. The second-order valence-corrected chi connectivity index (χ2v) is 4.72. The lowest BCUT2D eigenvalue weighted by Gasteiger charge is -2.41. The Kier molecular flexibility index (Phi) is 3.03. The molecule has 2 bridgehead atoms. The quantitative estimate of drug-likeness (QED) is 0.744. The lowest BCUT2D eigenvalue weighted by atomic mass is 9.89. The summed E-state index contributed by atoms with van der Waals surface area (Å²) in [5.74, 6) is 1.41. The minimum absolute atomic E-state index is 0. The molecule has 1 aromatic heterocycles. The average molecular weight is 245 g/mol. The molecule has 3 rings (SSSR count). The number of piperidine rings is 1. The number of tetrazole rings is 1. The first-order valence-electron chi connectivity index (χ1n) is 5.55. The van der Waals surface area contributed by atoms with Gasteiger partial charge in [0.2, 0.25) is 5.95 Å². The highest BCUT2D eigenvalue weighted by molar-refractivity contribution is 5.85. The first kappa shape index (κ1) is 11.6. The van der Waals surface area contributed by atoms with Gasteiger partial charge in [0, 0.05) is 18.1 Å². The normalized spacial score (nSPS) is 37.2. The minimum atomic E-state index is 0. The summed E-state index contributed by atoms with van der Waals surface area (Å²) in [4.78, 5) is 2.29. The number of nitrogens with zero attached hydrogens (tertiary/aromatic N) is 4. The van der Waals surface area contributed by atoms with Crippen molar-refractivity contribution in [3.63, 3.8) is 0 Å². The summed E-state index contributed by atoms with van der Waals surface area (Å²) in [5.41, 5.74) is 6.18. The van der Waals surface area contributed by atoms with Crippen LogP contribution < -0.4 is 10.6 Å². The van der Waals surface area contributed by atoms with Crippen LogP contribution in [0.5, 0.6) is 0 Å². The van der Waals surface area contributed by atoms with E-state index in [-0.39, 0.29) is 18.4 Å². The first-order valence-corrected chi connectivity index (χ1v) is 5.55. The van der Waals surface area contributed by atoms with Gasteiger partial charge in [-0.25, -0.2) is 5.10 Å². The Labute approximate surface area is 100 Å². The van der Waals surface area contributed by atoms with Crippen LogP contribution in [0, 0.1) is 5.92 Å². The van der Waals surface area contributed by atoms with Gasteiger partial charge in [-0.2, -0.15) is 0 Å². The van der Waals surface area contributed by atoms with Crippen LogP contribution in [0.4, 0.5) is 5.95 Å². The molecule has 0 saturated carbocycles. The molecular formula is C9H17ClN6. The zero-order valence-corrected chi connectivity index (χ0v) is 10.0. The van der Waals surface area contributed by atoms with Gasteiger partial charge in [0.05, 0.1) is 0 Å². The van der Waals surface area contributed by atoms with Crippen LogP contribution in [0.2, 0.25) is 0 Å². The van der Waals surface area contributed by atoms with Gasteiger partial charge in [-0.3, -0.25) is 0 Å². The fraction of sp³-hybridized carbons (Fsp3) is 0.889. The summed E-state index contributed by atoms with van der Waals surface area (Å²) in [6.07, 6.45) is 3.49. The fourth-order valence-electron chi connectivity index (χ4n) is 3.17. The van der Waals surface area contributed by atoms with Crippen molar-refractivity contribution in [2.45, 2.75) is 44.3 Å². The number of nitrogens with one attached hydrogen (secondary N) is 1. The largest absolute Gasteiger partial charge is 0.332 e. The van der Waals surface area contributed by atoms with Crippen LogP contribution in [0.3, 0.4) is 0 Å². The van der Waals surface area contributed by atoms with E-state index in [1.165, 1.54) is 6.42 Å². The third-order valence-electron chi connectivity index (χ3n) is 3.85. The van der Waals surface area contributed by atoms with Crippen molar-refractivity contribution >= 4 is 18.4 Å². The second-order valence-electron chi connectivity index (χ2n) is 4.72. The number of aromatic amines is 1. The Morgan fingerprint density at radius 3 is 2.81 bits per heavy atom. The van der Waals surface area contributed by atoms with Gasteiger partial charge in [0.1, 0.15) is 0 Å². The van der Waals surface area contributed by atoms with Crippen molar-refractivity contribution in [3.05, 3.63) is 0 Å². The van der Waals surface area contributed by atoms with Gasteiger partial charge in [0.25, 0.3) is 0 Å². The summed E-state index contributed by atoms with van der Waals surface area (Å²) in [5, 5.41) is 14.1.